The van der Waals surface area contributed by atoms with E-state index in [4.69, 9.17) is 13.9 Å². The number of hydrogen-bond donors (Lipinski definition) is 1. The van der Waals surface area contributed by atoms with Gasteiger partial charge >= 0.3 is 5.97 Å². The topological polar surface area (TPSA) is 63.9 Å². The molecule has 1 spiro atoms. The summed E-state index contributed by atoms with van der Waals surface area (Å²) >= 11 is 0. The number of nitrogens with one attached hydrogen (secondary N) is 1. The second kappa shape index (κ2) is 6.93. The summed E-state index contributed by atoms with van der Waals surface area (Å²) in [5.41, 5.74) is 2.25. The minimum Gasteiger partial charge on any atom is -0.493 e. The molecule has 0 saturated carbocycles. The highest BCUT2D eigenvalue weighted by atomic mass is 16.5. The lowest BCUT2D eigenvalue weighted by molar-refractivity contribution is 0.0567. The first-order chi connectivity index (χ1) is 12.6. The van der Waals surface area contributed by atoms with Crippen molar-refractivity contribution >= 4 is 16.9 Å². The van der Waals surface area contributed by atoms with Gasteiger partial charge in [0.1, 0.15) is 0 Å². The number of furan rings is 1. The Morgan fingerprint density at radius 2 is 2.08 bits per heavy atom. The molecular formula is C20H26N2O4. The Morgan fingerprint density at radius 1 is 1.27 bits per heavy atom. The van der Waals surface area contributed by atoms with Gasteiger partial charge in [-0.3, -0.25) is 4.90 Å². The highest BCUT2D eigenvalue weighted by Gasteiger charge is 2.38. The molecule has 0 atom stereocenters. The maximum atomic E-state index is 11.9. The fraction of sp³-hybridized carbons (Fsp3) is 0.550. The zero-order chi connectivity index (χ0) is 18.1. The normalized spacial score (nSPS) is 19.9. The lowest BCUT2D eigenvalue weighted by Crippen LogP contribution is -2.38. The molecule has 2 aliphatic heterocycles. The maximum absolute atomic E-state index is 11.9. The van der Waals surface area contributed by atoms with Crippen molar-refractivity contribution in [3.05, 3.63) is 29.5 Å². The summed E-state index contributed by atoms with van der Waals surface area (Å²) in [6.07, 6.45) is 3.80. The third-order valence-electron chi connectivity index (χ3n) is 5.92. The van der Waals surface area contributed by atoms with Gasteiger partial charge in [0, 0.05) is 18.5 Å². The van der Waals surface area contributed by atoms with Crippen LogP contribution in [0, 0.1) is 5.41 Å². The fourth-order valence-corrected chi connectivity index (χ4v) is 4.42. The Hall–Kier alpha value is -2.05. The summed E-state index contributed by atoms with van der Waals surface area (Å²) in [7, 11) is 2.96. The maximum Gasteiger partial charge on any atom is 0.373 e. The van der Waals surface area contributed by atoms with Gasteiger partial charge in [0.2, 0.25) is 5.76 Å². The number of fused-ring (bicyclic) bond motifs is 1. The molecular weight excluding hydrogens is 332 g/mol. The van der Waals surface area contributed by atoms with E-state index in [-0.39, 0.29) is 5.76 Å². The zero-order valence-corrected chi connectivity index (χ0v) is 15.5. The van der Waals surface area contributed by atoms with Crippen LogP contribution in [0.15, 0.2) is 22.6 Å². The van der Waals surface area contributed by atoms with E-state index in [0.29, 0.717) is 16.7 Å². The molecule has 4 rings (SSSR count). The van der Waals surface area contributed by atoms with Crippen LogP contribution in [0.4, 0.5) is 0 Å². The molecule has 6 heteroatoms. The third kappa shape index (κ3) is 3.08. The molecule has 0 aliphatic carbocycles. The van der Waals surface area contributed by atoms with Crippen molar-refractivity contribution in [3.8, 4) is 5.75 Å². The SMILES string of the molecule is COC(=O)c1cc2c(CN3CCC4(CCNCC4)C3)ccc(OC)c2o1. The molecule has 26 heavy (non-hydrogen) atoms. The van der Waals surface area contributed by atoms with Crippen molar-refractivity contribution in [2.45, 2.75) is 25.8 Å². The standard InChI is InChI=1S/C20H26N2O4/c1-24-16-4-3-14(15-11-17(19(23)25-2)26-18(15)16)12-22-10-7-20(13-22)5-8-21-9-6-20/h3-4,11,21H,5-10,12-13H2,1-2H3. The molecule has 1 N–H and O–H groups in total. The number of esters is 1. The van der Waals surface area contributed by atoms with Gasteiger partial charge in [-0.25, -0.2) is 4.79 Å². The van der Waals surface area contributed by atoms with Crippen LogP contribution in [-0.4, -0.2) is 51.3 Å². The molecule has 0 amide bonds. The first-order valence-corrected chi connectivity index (χ1v) is 9.25. The summed E-state index contributed by atoms with van der Waals surface area (Å²) in [5.74, 6) is 0.378. The zero-order valence-electron chi connectivity index (χ0n) is 15.5. The minimum absolute atomic E-state index is 0.212. The molecule has 6 nitrogen and oxygen atoms in total. The van der Waals surface area contributed by atoms with Gasteiger partial charge in [0.25, 0.3) is 0 Å². The van der Waals surface area contributed by atoms with E-state index in [1.54, 1.807) is 13.2 Å². The predicted molar refractivity (Wildman–Crippen MR) is 98.5 cm³/mol. The molecule has 2 fully saturated rings. The summed E-state index contributed by atoms with van der Waals surface area (Å²) in [6.45, 7) is 5.38. The summed E-state index contributed by atoms with van der Waals surface area (Å²) in [4.78, 5) is 14.4. The van der Waals surface area contributed by atoms with Gasteiger partial charge < -0.3 is 19.2 Å². The summed E-state index contributed by atoms with van der Waals surface area (Å²) < 4.78 is 15.9. The number of rotatable bonds is 4. The number of methoxy groups -OCH3 is 2. The predicted octanol–water partition coefficient (Wildman–Crippen LogP) is 2.80. The van der Waals surface area contributed by atoms with E-state index in [1.807, 2.05) is 6.07 Å². The second-order valence-corrected chi connectivity index (χ2v) is 7.48. The number of hydrogen-bond acceptors (Lipinski definition) is 6. The Morgan fingerprint density at radius 3 is 2.81 bits per heavy atom. The molecule has 1 aromatic heterocycles. The molecule has 0 radical (unpaired) electrons. The molecule has 1 aromatic carbocycles. The van der Waals surface area contributed by atoms with Crippen LogP contribution in [0.5, 0.6) is 5.75 Å². The molecule has 3 heterocycles. The summed E-state index contributed by atoms with van der Waals surface area (Å²) in [5, 5.41) is 4.39. The first-order valence-electron chi connectivity index (χ1n) is 9.25. The van der Waals surface area contributed by atoms with Crippen LogP contribution < -0.4 is 10.1 Å². The van der Waals surface area contributed by atoms with Gasteiger partial charge in [0.05, 0.1) is 14.2 Å². The number of nitrogens with zero attached hydrogens (tertiary/aromatic N) is 1. The number of piperidine rings is 1. The third-order valence-corrected chi connectivity index (χ3v) is 5.92. The van der Waals surface area contributed by atoms with Crippen molar-refractivity contribution in [1.29, 1.82) is 0 Å². The second-order valence-electron chi connectivity index (χ2n) is 7.48. The molecule has 2 aromatic rings. The van der Waals surface area contributed by atoms with Gasteiger partial charge in [-0.15, -0.1) is 0 Å². The number of benzene rings is 1. The van der Waals surface area contributed by atoms with Crippen LogP contribution in [0.2, 0.25) is 0 Å². The molecule has 2 aliphatic rings. The smallest absolute Gasteiger partial charge is 0.373 e. The van der Waals surface area contributed by atoms with Gasteiger partial charge in [-0.05, 0) is 62.0 Å². The fourth-order valence-electron chi connectivity index (χ4n) is 4.42. The van der Waals surface area contributed by atoms with Crippen LogP contribution in [0.3, 0.4) is 0 Å². The average molecular weight is 358 g/mol. The van der Waals surface area contributed by atoms with E-state index in [9.17, 15) is 4.79 Å². The summed E-state index contributed by atoms with van der Waals surface area (Å²) in [6, 6.07) is 5.76. The molecule has 2 saturated heterocycles. The van der Waals surface area contributed by atoms with Crippen LogP contribution >= 0.6 is 0 Å². The van der Waals surface area contributed by atoms with Crippen molar-refractivity contribution in [1.82, 2.24) is 10.2 Å². The highest BCUT2D eigenvalue weighted by Crippen LogP contribution is 2.40. The molecule has 0 bridgehead atoms. The molecule has 0 unspecified atom stereocenters. The Bertz CT molecular complexity index is 807. The van der Waals surface area contributed by atoms with Crippen molar-refractivity contribution in [3.63, 3.8) is 0 Å². The van der Waals surface area contributed by atoms with Crippen LogP contribution in [0.25, 0.3) is 11.0 Å². The Kier molecular flexibility index (Phi) is 4.63. The first kappa shape index (κ1) is 17.4. The van der Waals surface area contributed by atoms with Crippen LogP contribution in [-0.2, 0) is 11.3 Å². The van der Waals surface area contributed by atoms with Crippen LogP contribution in [0.1, 0.15) is 35.4 Å². The van der Waals surface area contributed by atoms with E-state index in [1.165, 1.54) is 26.4 Å². The Balaban J connectivity index is 1.60. The van der Waals surface area contributed by atoms with E-state index in [2.05, 4.69) is 16.3 Å². The lowest BCUT2D eigenvalue weighted by atomic mass is 9.78. The van der Waals surface area contributed by atoms with Crippen molar-refractivity contribution in [2.75, 3.05) is 40.4 Å². The Labute approximate surface area is 153 Å². The lowest BCUT2D eigenvalue weighted by Gasteiger charge is -2.34. The van der Waals surface area contributed by atoms with Gasteiger partial charge in [-0.1, -0.05) is 6.07 Å². The van der Waals surface area contributed by atoms with E-state index in [0.717, 1.165) is 43.7 Å². The average Bonchev–Trinajstić information content (AvgIpc) is 3.27. The van der Waals surface area contributed by atoms with Gasteiger partial charge in [0.15, 0.2) is 11.3 Å². The molecule has 140 valence electrons. The van der Waals surface area contributed by atoms with E-state index >= 15 is 0 Å². The number of carbonyl (C=O) groups excluding carboxylic acids is 1. The van der Waals surface area contributed by atoms with Crippen molar-refractivity contribution < 1.29 is 18.7 Å². The largest absolute Gasteiger partial charge is 0.493 e. The number of carbonyl (C=O) groups is 1. The number of likely N-dealkylation sites (tertiary alicyclic amines) is 1. The quantitative estimate of drug-likeness (QED) is 0.848. The van der Waals surface area contributed by atoms with E-state index < -0.39 is 5.97 Å². The van der Waals surface area contributed by atoms with Gasteiger partial charge in [-0.2, -0.15) is 0 Å². The monoisotopic (exact) mass is 358 g/mol. The number of ether oxygens (including phenoxy) is 2. The highest BCUT2D eigenvalue weighted by molar-refractivity contribution is 5.95. The van der Waals surface area contributed by atoms with Crippen molar-refractivity contribution in [2.24, 2.45) is 5.41 Å². The minimum atomic E-state index is -0.468.